The van der Waals surface area contributed by atoms with Crippen LogP contribution in [0.1, 0.15) is 11.1 Å². The van der Waals surface area contributed by atoms with E-state index in [0.717, 1.165) is 11.3 Å². The molecule has 0 aromatic heterocycles. The lowest BCUT2D eigenvalue weighted by Gasteiger charge is -2.08. The van der Waals surface area contributed by atoms with Gasteiger partial charge in [-0.25, -0.2) is 0 Å². The van der Waals surface area contributed by atoms with Gasteiger partial charge in [-0.2, -0.15) is 0 Å². The molecule has 1 rings (SSSR count). The molecular formula is C9H13NO. The number of benzene rings is 1. The van der Waals surface area contributed by atoms with Gasteiger partial charge in [0.15, 0.2) is 0 Å². The van der Waals surface area contributed by atoms with Gasteiger partial charge in [-0.3, -0.25) is 0 Å². The van der Waals surface area contributed by atoms with Crippen molar-refractivity contribution in [3.63, 3.8) is 0 Å². The third-order valence-corrected chi connectivity index (χ3v) is 1.78. The van der Waals surface area contributed by atoms with E-state index in [0.29, 0.717) is 0 Å². The third-order valence-electron chi connectivity index (χ3n) is 1.78. The summed E-state index contributed by atoms with van der Waals surface area (Å²) in [6.45, 7) is 2.11. The van der Waals surface area contributed by atoms with Gasteiger partial charge in [0.1, 0.15) is 0 Å². The van der Waals surface area contributed by atoms with Crippen LogP contribution in [0.25, 0.3) is 0 Å². The fraction of sp³-hybridized carbons (Fsp3) is 0.333. The second kappa shape index (κ2) is 3.39. The Labute approximate surface area is 66.9 Å². The molecule has 0 atom stereocenters. The van der Waals surface area contributed by atoms with Crippen molar-refractivity contribution in [2.24, 2.45) is 0 Å². The SMILES string of the molecule is CNc1c(C)cccc1CO. The lowest BCUT2D eigenvalue weighted by molar-refractivity contribution is 0.282. The first-order valence-corrected chi connectivity index (χ1v) is 3.66. The molecule has 60 valence electrons. The van der Waals surface area contributed by atoms with Crippen LogP contribution in [0, 0.1) is 6.92 Å². The molecule has 0 aliphatic rings. The Bertz CT molecular complexity index is 245. The molecule has 11 heavy (non-hydrogen) atoms. The fourth-order valence-corrected chi connectivity index (χ4v) is 1.22. The molecule has 0 heterocycles. The maximum atomic E-state index is 8.93. The molecule has 0 fully saturated rings. The van der Waals surface area contributed by atoms with Gasteiger partial charge >= 0.3 is 0 Å². The van der Waals surface area contributed by atoms with Crippen LogP contribution in [0.2, 0.25) is 0 Å². The molecule has 0 saturated carbocycles. The second-order valence-electron chi connectivity index (χ2n) is 2.52. The normalized spacial score (nSPS) is 9.73. The quantitative estimate of drug-likeness (QED) is 0.671. The zero-order chi connectivity index (χ0) is 8.27. The van der Waals surface area contributed by atoms with E-state index in [2.05, 4.69) is 5.32 Å². The van der Waals surface area contributed by atoms with E-state index < -0.39 is 0 Å². The Hall–Kier alpha value is -1.02. The van der Waals surface area contributed by atoms with Crippen LogP contribution in [-0.2, 0) is 6.61 Å². The van der Waals surface area contributed by atoms with Crippen molar-refractivity contribution in [1.82, 2.24) is 0 Å². The number of aliphatic hydroxyl groups excluding tert-OH is 1. The highest BCUT2D eigenvalue weighted by molar-refractivity contribution is 5.56. The summed E-state index contributed by atoms with van der Waals surface area (Å²) in [7, 11) is 1.86. The van der Waals surface area contributed by atoms with Crippen LogP contribution >= 0.6 is 0 Å². The average Bonchev–Trinajstić information content (AvgIpc) is 2.04. The van der Waals surface area contributed by atoms with E-state index >= 15 is 0 Å². The number of nitrogens with one attached hydrogen (secondary N) is 1. The van der Waals surface area contributed by atoms with E-state index in [-0.39, 0.29) is 6.61 Å². The smallest absolute Gasteiger partial charge is 0.0702 e. The zero-order valence-corrected chi connectivity index (χ0v) is 6.89. The van der Waals surface area contributed by atoms with Gasteiger partial charge in [0.05, 0.1) is 6.61 Å². The van der Waals surface area contributed by atoms with Crippen LogP contribution < -0.4 is 5.32 Å². The Balaban J connectivity index is 3.13. The van der Waals surface area contributed by atoms with Crippen molar-refractivity contribution in [2.75, 3.05) is 12.4 Å². The lowest BCUT2D eigenvalue weighted by atomic mass is 10.1. The molecule has 0 aliphatic heterocycles. The predicted octanol–water partition coefficient (Wildman–Crippen LogP) is 1.53. The Morgan fingerprint density at radius 2 is 2.18 bits per heavy atom. The first kappa shape index (κ1) is 8.08. The maximum absolute atomic E-state index is 8.93. The summed E-state index contributed by atoms with van der Waals surface area (Å²) in [5.74, 6) is 0. The molecule has 0 amide bonds. The highest BCUT2D eigenvalue weighted by Crippen LogP contribution is 2.19. The Kier molecular flexibility index (Phi) is 2.49. The molecule has 0 radical (unpaired) electrons. The highest BCUT2D eigenvalue weighted by Gasteiger charge is 2.00. The summed E-state index contributed by atoms with van der Waals surface area (Å²) in [4.78, 5) is 0. The molecule has 0 spiro atoms. The number of aryl methyl sites for hydroxylation is 1. The molecule has 0 bridgehead atoms. The van der Waals surface area contributed by atoms with Crippen molar-refractivity contribution >= 4 is 5.69 Å². The predicted molar refractivity (Wildman–Crippen MR) is 46.6 cm³/mol. The molecule has 1 aromatic carbocycles. The number of hydrogen-bond donors (Lipinski definition) is 2. The lowest BCUT2D eigenvalue weighted by Crippen LogP contribution is -1.97. The summed E-state index contributed by atoms with van der Waals surface area (Å²) in [6, 6.07) is 5.88. The zero-order valence-electron chi connectivity index (χ0n) is 6.89. The van der Waals surface area contributed by atoms with Gasteiger partial charge in [0.2, 0.25) is 0 Å². The van der Waals surface area contributed by atoms with Gasteiger partial charge in [-0.1, -0.05) is 18.2 Å². The van der Waals surface area contributed by atoms with Crippen LogP contribution in [0.15, 0.2) is 18.2 Å². The van der Waals surface area contributed by atoms with Gasteiger partial charge < -0.3 is 10.4 Å². The van der Waals surface area contributed by atoms with Crippen molar-refractivity contribution in [3.05, 3.63) is 29.3 Å². The van der Waals surface area contributed by atoms with E-state index in [1.807, 2.05) is 32.2 Å². The van der Waals surface area contributed by atoms with E-state index in [1.54, 1.807) is 0 Å². The van der Waals surface area contributed by atoms with Gasteiger partial charge in [0, 0.05) is 18.3 Å². The molecular weight excluding hydrogens is 138 g/mol. The Morgan fingerprint density at radius 3 is 2.64 bits per heavy atom. The van der Waals surface area contributed by atoms with Crippen molar-refractivity contribution in [2.45, 2.75) is 13.5 Å². The number of aliphatic hydroxyl groups is 1. The highest BCUT2D eigenvalue weighted by atomic mass is 16.3. The van der Waals surface area contributed by atoms with Gasteiger partial charge in [-0.15, -0.1) is 0 Å². The average molecular weight is 151 g/mol. The number of hydrogen-bond acceptors (Lipinski definition) is 2. The monoisotopic (exact) mass is 151 g/mol. The van der Waals surface area contributed by atoms with E-state index in [4.69, 9.17) is 5.11 Å². The fourth-order valence-electron chi connectivity index (χ4n) is 1.22. The summed E-state index contributed by atoms with van der Waals surface area (Å²) in [5.41, 5.74) is 3.15. The largest absolute Gasteiger partial charge is 0.392 e. The molecule has 0 unspecified atom stereocenters. The van der Waals surface area contributed by atoms with Crippen LogP contribution in [0.5, 0.6) is 0 Å². The minimum Gasteiger partial charge on any atom is -0.392 e. The molecule has 2 N–H and O–H groups in total. The van der Waals surface area contributed by atoms with Crippen LogP contribution in [0.4, 0.5) is 5.69 Å². The number of para-hydroxylation sites is 1. The summed E-state index contributed by atoms with van der Waals surface area (Å²) < 4.78 is 0. The van der Waals surface area contributed by atoms with Crippen molar-refractivity contribution in [1.29, 1.82) is 0 Å². The van der Waals surface area contributed by atoms with Crippen molar-refractivity contribution in [3.8, 4) is 0 Å². The molecule has 1 aromatic rings. The molecule has 0 saturated heterocycles. The van der Waals surface area contributed by atoms with Gasteiger partial charge in [0.25, 0.3) is 0 Å². The third kappa shape index (κ3) is 1.52. The van der Waals surface area contributed by atoms with E-state index in [1.165, 1.54) is 5.56 Å². The second-order valence-corrected chi connectivity index (χ2v) is 2.52. The first-order chi connectivity index (χ1) is 5.29. The van der Waals surface area contributed by atoms with Gasteiger partial charge in [-0.05, 0) is 12.5 Å². The summed E-state index contributed by atoms with van der Waals surface area (Å²) >= 11 is 0. The summed E-state index contributed by atoms with van der Waals surface area (Å²) in [6.07, 6.45) is 0. The maximum Gasteiger partial charge on any atom is 0.0702 e. The minimum absolute atomic E-state index is 0.0951. The summed E-state index contributed by atoms with van der Waals surface area (Å²) in [5, 5.41) is 12.0. The number of rotatable bonds is 2. The Morgan fingerprint density at radius 1 is 1.45 bits per heavy atom. The molecule has 2 heteroatoms. The molecule has 0 aliphatic carbocycles. The molecule has 2 nitrogen and oxygen atoms in total. The minimum atomic E-state index is 0.0951. The van der Waals surface area contributed by atoms with E-state index in [9.17, 15) is 0 Å². The van der Waals surface area contributed by atoms with Crippen LogP contribution in [0.3, 0.4) is 0 Å². The number of anilines is 1. The topological polar surface area (TPSA) is 32.3 Å². The first-order valence-electron chi connectivity index (χ1n) is 3.66. The van der Waals surface area contributed by atoms with Crippen molar-refractivity contribution < 1.29 is 5.11 Å². The van der Waals surface area contributed by atoms with Crippen LogP contribution in [-0.4, -0.2) is 12.2 Å². The standard InChI is InChI=1S/C9H13NO/c1-7-4-3-5-8(6-11)9(7)10-2/h3-5,10-11H,6H2,1-2H3.